The van der Waals surface area contributed by atoms with Crippen LogP contribution in [-0.2, 0) is 27.8 Å². The highest BCUT2D eigenvalue weighted by Crippen LogP contribution is 2.27. The van der Waals surface area contributed by atoms with Crippen molar-refractivity contribution in [2.75, 3.05) is 17.1 Å². The van der Waals surface area contributed by atoms with Crippen LogP contribution in [-0.4, -0.2) is 38.1 Å². The van der Waals surface area contributed by atoms with Crippen LogP contribution in [0.1, 0.15) is 24.5 Å². The zero-order valence-electron chi connectivity index (χ0n) is 15.4. The SMILES string of the molecule is CC[C@H](C(=O)N1CCc2ccccc2C1)N(c1cccc(Cl)c1)S(C)(=O)=O. The van der Waals surface area contributed by atoms with Crippen molar-refractivity contribution >= 4 is 33.2 Å². The van der Waals surface area contributed by atoms with Crippen molar-refractivity contribution in [2.24, 2.45) is 0 Å². The molecule has 0 unspecified atom stereocenters. The number of carbonyl (C=O) groups is 1. The van der Waals surface area contributed by atoms with E-state index < -0.39 is 16.1 Å². The number of nitrogens with zero attached hydrogens (tertiary/aromatic N) is 2. The molecule has 2 aromatic carbocycles. The van der Waals surface area contributed by atoms with E-state index in [-0.39, 0.29) is 5.91 Å². The third kappa shape index (κ3) is 4.28. The number of halogens is 1. The van der Waals surface area contributed by atoms with Crippen LogP contribution in [0.5, 0.6) is 0 Å². The lowest BCUT2D eigenvalue weighted by molar-refractivity contribution is -0.133. The van der Waals surface area contributed by atoms with Crippen molar-refractivity contribution in [1.29, 1.82) is 0 Å². The standard InChI is InChI=1S/C20H23ClN2O3S/c1-3-19(23(27(2,25)26)18-10-6-9-17(21)13-18)20(24)22-12-11-15-7-4-5-8-16(15)14-22/h4-10,13,19H,3,11-12,14H2,1-2H3/t19-/m1/s1. The summed E-state index contributed by atoms with van der Waals surface area (Å²) in [6.45, 7) is 2.90. The van der Waals surface area contributed by atoms with Gasteiger partial charge in [0.1, 0.15) is 6.04 Å². The summed E-state index contributed by atoms with van der Waals surface area (Å²) in [5.74, 6) is -0.183. The number of hydrogen-bond acceptors (Lipinski definition) is 3. The molecule has 1 heterocycles. The molecule has 1 amide bonds. The average Bonchev–Trinajstić information content (AvgIpc) is 2.64. The maximum absolute atomic E-state index is 13.3. The van der Waals surface area contributed by atoms with Gasteiger partial charge in [-0.1, -0.05) is 48.9 Å². The summed E-state index contributed by atoms with van der Waals surface area (Å²) in [6, 6.07) is 13.8. The third-order valence-corrected chi connectivity index (χ3v) is 6.23. The molecule has 0 saturated carbocycles. The van der Waals surface area contributed by atoms with Gasteiger partial charge in [-0.05, 0) is 42.2 Å². The Morgan fingerprint density at radius 3 is 2.52 bits per heavy atom. The van der Waals surface area contributed by atoms with Crippen LogP contribution in [0.2, 0.25) is 5.02 Å². The number of anilines is 1. The summed E-state index contributed by atoms with van der Waals surface area (Å²) >= 11 is 6.05. The number of rotatable bonds is 5. The monoisotopic (exact) mass is 406 g/mol. The Bertz CT molecular complexity index is 946. The molecular formula is C20H23ClN2O3S. The Hall–Kier alpha value is -2.05. The van der Waals surface area contributed by atoms with Crippen molar-refractivity contribution in [3.63, 3.8) is 0 Å². The fourth-order valence-corrected chi connectivity index (χ4v) is 4.93. The van der Waals surface area contributed by atoms with Crippen molar-refractivity contribution in [3.05, 3.63) is 64.7 Å². The summed E-state index contributed by atoms with van der Waals surface area (Å²) in [4.78, 5) is 15.0. The Kier molecular flexibility index (Phi) is 5.77. The van der Waals surface area contributed by atoms with Gasteiger partial charge >= 0.3 is 0 Å². The fraction of sp³-hybridized carbons (Fsp3) is 0.350. The van der Waals surface area contributed by atoms with Crippen molar-refractivity contribution in [2.45, 2.75) is 32.4 Å². The van der Waals surface area contributed by atoms with Crippen LogP contribution >= 0.6 is 11.6 Å². The predicted molar refractivity (Wildman–Crippen MR) is 108 cm³/mol. The Labute approximate surface area is 165 Å². The number of fused-ring (bicyclic) bond motifs is 1. The zero-order valence-corrected chi connectivity index (χ0v) is 17.0. The second-order valence-electron chi connectivity index (χ2n) is 6.74. The minimum Gasteiger partial charge on any atom is -0.336 e. The van der Waals surface area contributed by atoms with Gasteiger partial charge in [0, 0.05) is 18.1 Å². The van der Waals surface area contributed by atoms with Crippen LogP contribution in [0.3, 0.4) is 0 Å². The lowest BCUT2D eigenvalue weighted by Crippen LogP contribution is -2.51. The molecule has 0 aromatic heterocycles. The van der Waals surface area contributed by atoms with Gasteiger partial charge < -0.3 is 4.90 Å². The van der Waals surface area contributed by atoms with Gasteiger partial charge in [0.05, 0.1) is 11.9 Å². The van der Waals surface area contributed by atoms with Crippen LogP contribution < -0.4 is 4.31 Å². The van der Waals surface area contributed by atoms with E-state index in [4.69, 9.17) is 11.6 Å². The van der Waals surface area contributed by atoms with E-state index >= 15 is 0 Å². The maximum atomic E-state index is 13.3. The van der Waals surface area contributed by atoms with E-state index in [0.29, 0.717) is 30.2 Å². The van der Waals surface area contributed by atoms with E-state index in [1.807, 2.05) is 25.1 Å². The van der Waals surface area contributed by atoms with Gasteiger partial charge in [-0.15, -0.1) is 0 Å². The molecule has 0 fully saturated rings. The molecule has 0 saturated heterocycles. The zero-order chi connectivity index (χ0) is 19.6. The van der Waals surface area contributed by atoms with Gasteiger partial charge in [-0.2, -0.15) is 0 Å². The smallest absolute Gasteiger partial charge is 0.246 e. The summed E-state index contributed by atoms with van der Waals surface area (Å²) in [7, 11) is -3.66. The molecule has 0 bridgehead atoms. The van der Waals surface area contributed by atoms with Crippen LogP contribution in [0.25, 0.3) is 0 Å². The minimum absolute atomic E-state index is 0.183. The van der Waals surface area contributed by atoms with Gasteiger partial charge in [0.2, 0.25) is 15.9 Å². The molecule has 0 N–H and O–H groups in total. The number of amides is 1. The van der Waals surface area contributed by atoms with Crippen molar-refractivity contribution in [1.82, 2.24) is 4.90 Å². The third-order valence-electron chi connectivity index (χ3n) is 4.82. The largest absolute Gasteiger partial charge is 0.336 e. The highest BCUT2D eigenvalue weighted by molar-refractivity contribution is 7.92. The topological polar surface area (TPSA) is 57.7 Å². The highest BCUT2D eigenvalue weighted by atomic mass is 35.5. The Morgan fingerprint density at radius 1 is 1.19 bits per heavy atom. The fourth-order valence-electron chi connectivity index (χ4n) is 3.55. The van der Waals surface area contributed by atoms with Crippen molar-refractivity contribution < 1.29 is 13.2 Å². The molecule has 7 heteroatoms. The van der Waals surface area contributed by atoms with Gasteiger partial charge in [0.25, 0.3) is 0 Å². The second-order valence-corrected chi connectivity index (χ2v) is 9.04. The maximum Gasteiger partial charge on any atom is 0.246 e. The minimum atomic E-state index is -3.66. The Morgan fingerprint density at radius 2 is 1.89 bits per heavy atom. The van der Waals surface area contributed by atoms with Gasteiger partial charge in [-0.3, -0.25) is 9.10 Å². The number of benzene rings is 2. The Balaban J connectivity index is 1.93. The summed E-state index contributed by atoms with van der Waals surface area (Å²) in [6.07, 6.45) is 2.26. The molecule has 0 aliphatic carbocycles. The number of carbonyl (C=O) groups excluding carboxylic acids is 1. The van der Waals surface area contributed by atoms with Crippen LogP contribution in [0.4, 0.5) is 5.69 Å². The average molecular weight is 407 g/mol. The number of hydrogen-bond donors (Lipinski definition) is 0. The van der Waals surface area contributed by atoms with E-state index in [1.165, 1.54) is 9.87 Å². The van der Waals surface area contributed by atoms with E-state index in [1.54, 1.807) is 29.2 Å². The number of sulfonamides is 1. The normalized spacial score (nSPS) is 15.1. The molecular weight excluding hydrogens is 384 g/mol. The first-order chi connectivity index (χ1) is 12.8. The lowest BCUT2D eigenvalue weighted by atomic mass is 9.99. The lowest BCUT2D eigenvalue weighted by Gasteiger charge is -2.36. The molecule has 1 atom stereocenters. The summed E-state index contributed by atoms with van der Waals surface area (Å²) < 4.78 is 26.3. The molecule has 5 nitrogen and oxygen atoms in total. The van der Waals surface area contributed by atoms with E-state index in [9.17, 15) is 13.2 Å². The highest BCUT2D eigenvalue weighted by Gasteiger charge is 2.35. The molecule has 0 spiro atoms. The molecule has 1 aliphatic rings. The van der Waals surface area contributed by atoms with E-state index in [0.717, 1.165) is 18.2 Å². The first-order valence-corrected chi connectivity index (χ1v) is 11.1. The molecule has 3 rings (SSSR count). The van der Waals surface area contributed by atoms with Gasteiger partial charge in [0.15, 0.2) is 0 Å². The second kappa shape index (κ2) is 7.90. The first kappa shape index (κ1) is 19.7. The van der Waals surface area contributed by atoms with E-state index in [2.05, 4.69) is 6.07 Å². The quantitative estimate of drug-likeness (QED) is 0.763. The molecule has 144 valence electrons. The summed E-state index contributed by atoms with van der Waals surface area (Å²) in [5.41, 5.74) is 2.76. The molecule has 1 aliphatic heterocycles. The van der Waals surface area contributed by atoms with Crippen molar-refractivity contribution in [3.8, 4) is 0 Å². The molecule has 2 aromatic rings. The summed E-state index contributed by atoms with van der Waals surface area (Å²) in [5, 5.41) is 0.426. The van der Waals surface area contributed by atoms with Gasteiger partial charge in [-0.25, -0.2) is 8.42 Å². The molecule has 27 heavy (non-hydrogen) atoms. The molecule has 0 radical (unpaired) electrons. The first-order valence-electron chi connectivity index (χ1n) is 8.91. The van der Waals surface area contributed by atoms with Crippen LogP contribution in [0, 0.1) is 0 Å². The predicted octanol–water partition coefficient (Wildman–Crippen LogP) is 3.47. The van der Waals surface area contributed by atoms with Crippen LogP contribution in [0.15, 0.2) is 48.5 Å².